The summed E-state index contributed by atoms with van der Waals surface area (Å²) in [6, 6.07) is 4.55. The Morgan fingerprint density at radius 1 is 1.16 bits per heavy atom. The first-order chi connectivity index (χ1) is 9.22. The fourth-order valence-corrected chi connectivity index (χ4v) is 3.10. The van der Waals surface area contributed by atoms with Gasteiger partial charge in [-0.05, 0) is 68.9 Å². The molecular formula is C17H22F2. The van der Waals surface area contributed by atoms with Gasteiger partial charge in [-0.15, -0.1) is 0 Å². The van der Waals surface area contributed by atoms with E-state index in [2.05, 4.69) is 12.2 Å². The molecule has 1 fully saturated rings. The molecule has 0 spiro atoms. The van der Waals surface area contributed by atoms with Crippen molar-refractivity contribution in [3.63, 3.8) is 0 Å². The molecule has 1 saturated carbocycles. The average Bonchev–Trinajstić information content (AvgIpc) is 2.43. The summed E-state index contributed by atoms with van der Waals surface area (Å²) in [6.45, 7) is 2.05. The molecule has 1 aromatic rings. The summed E-state index contributed by atoms with van der Waals surface area (Å²) in [5.41, 5.74) is 0.576. The Morgan fingerprint density at radius 2 is 1.89 bits per heavy atom. The second-order valence-electron chi connectivity index (χ2n) is 5.51. The second kappa shape index (κ2) is 6.83. The summed E-state index contributed by atoms with van der Waals surface area (Å²) in [7, 11) is 0. The Labute approximate surface area is 114 Å². The van der Waals surface area contributed by atoms with Crippen LogP contribution >= 0.6 is 0 Å². The zero-order valence-corrected chi connectivity index (χ0v) is 11.5. The van der Waals surface area contributed by atoms with Crippen molar-refractivity contribution in [2.75, 3.05) is 0 Å². The van der Waals surface area contributed by atoms with Crippen LogP contribution in [0.15, 0.2) is 30.4 Å². The molecule has 0 nitrogen and oxygen atoms in total. The van der Waals surface area contributed by atoms with Gasteiger partial charge in [-0.3, -0.25) is 0 Å². The minimum atomic E-state index is -0.715. The highest BCUT2D eigenvalue weighted by molar-refractivity contribution is 5.23. The topological polar surface area (TPSA) is 0 Å². The van der Waals surface area contributed by atoms with Gasteiger partial charge < -0.3 is 0 Å². The van der Waals surface area contributed by atoms with E-state index in [0.717, 1.165) is 38.0 Å². The van der Waals surface area contributed by atoms with Crippen LogP contribution in [0.5, 0.6) is 0 Å². The van der Waals surface area contributed by atoms with E-state index in [1.165, 1.54) is 12.5 Å². The number of hydrogen-bond acceptors (Lipinski definition) is 0. The molecule has 0 amide bonds. The maximum absolute atomic E-state index is 13.7. The molecule has 19 heavy (non-hydrogen) atoms. The highest BCUT2D eigenvalue weighted by Gasteiger charge is 2.24. The number of hydrogen-bond donors (Lipinski definition) is 0. The number of halogens is 2. The Bertz CT molecular complexity index is 429. The predicted molar refractivity (Wildman–Crippen MR) is 75.1 cm³/mol. The van der Waals surface area contributed by atoms with Crippen molar-refractivity contribution < 1.29 is 8.78 Å². The highest BCUT2D eigenvalue weighted by atomic mass is 19.2. The third-order valence-electron chi connectivity index (χ3n) is 4.25. The quantitative estimate of drug-likeness (QED) is 0.621. The van der Waals surface area contributed by atoms with E-state index in [1.807, 2.05) is 6.92 Å². The lowest BCUT2D eigenvalue weighted by Gasteiger charge is -2.28. The van der Waals surface area contributed by atoms with Gasteiger partial charge in [0.1, 0.15) is 0 Å². The molecule has 0 aliphatic heterocycles. The summed E-state index contributed by atoms with van der Waals surface area (Å²) >= 11 is 0. The van der Waals surface area contributed by atoms with Crippen LogP contribution in [0.25, 0.3) is 0 Å². The largest absolute Gasteiger partial charge is 0.204 e. The molecule has 1 aliphatic carbocycles. The minimum absolute atomic E-state index is 0.202. The third-order valence-corrected chi connectivity index (χ3v) is 4.25. The van der Waals surface area contributed by atoms with Crippen molar-refractivity contribution in [1.82, 2.24) is 0 Å². The molecule has 1 aliphatic rings. The van der Waals surface area contributed by atoms with Crippen LogP contribution in [0.4, 0.5) is 8.78 Å². The molecule has 104 valence electrons. The molecule has 0 aromatic heterocycles. The van der Waals surface area contributed by atoms with Gasteiger partial charge in [-0.1, -0.05) is 24.3 Å². The fraction of sp³-hybridized carbons (Fsp3) is 0.529. The molecule has 0 heterocycles. The van der Waals surface area contributed by atoms with Crippen LogP contribution in [-0.2, 0) is 0 Å². The number of benzene rings is 1. The minimum Gasteiger partial charge on any atom is -0.204 e. The normalized spacial score (nSPS) is 23.9. The van der Waals surface area contributed by atoms with Crippen molar-refractivity contribution in [3.8, 4) is 0 Å². The summed E-state index contributed by atoms with van der Waals surface area (Å²) in [5, 5.41) is 0. The fourth-order valence-electron chi connectivity index (χ4n) is 3.10. The Hall–Kier alpha value is -1.18. The molecule has 2 heteroatoms. The lowest BCUT2D eigenvalue weighted by Crippen LogP contribution is -2.14. The molecule has 1 aromatic carbocycles. The first-order valence-corrected chi connectivity index (χ1v) is 7.27. The van der Waals surface area contributed by atoms with Gasteiger partial charge in [0.25, 0.3) is 0 Å². The molecule has 0 saturated heterocycles. The van der Waals surface area contributed by atoms with E-state index in [4.69, 9.17) is 0 Å². The summed E-state index contributed by atoms with van der Waals surface area (Å²) in [4.78, 5) is 0. The van der Waals surface area contributed by atoms with Gasteiger partial charge in [-0.25, -0.2) is 8.78 Å². The molecular weight excluding hydrogens is 242 g/mol. The van der Waals surface area contributed by atoms with Crippen molar-refractivity contribution in [2.24, 2.45) is 5.92 Å². The van der Waals surface area contributed by atoms with E-state index < -0.39 is 11.6 Å². The van der Waals surface area contributed by atoms with E-state index in [-0.39, 0.29) is 5.92 Å². The van der Waals surface area contributed by atoms with Crippen LogP contribution in [0.1, 0.15) is 56.9 Å². The summed E-state index contributed by atoms with van der Waals surface area (Å²) < 4.78 is 27.0. The molecule has 0 N–H and O–H groups in total. The highest BCUT2D eigenvalue weighted by Crippen LogP contribution is 2.38. The van der Waals surface area contributed by atoms with E-state index in [1.54, 1.807) is 12.1 Å². The number of rotatable bonds is 4. The molecule has 2 rings (SSSR count). The summed E-state index contributed by atoms with van der Waals surface area (Å²) in [5.74, 6) is -0.398. The van der Waals surface area contributed by atoms with Gasteiger partial charge in [0, 0.05) is 0 Å². The van der Waals surface area contributed by atoms with Crippen LogP contribution in [0.3, 0.4) is 0 Å². The van der Waals surface area contributed by atoms with Gasteiger partial charge in [-0.2, -0.15) is 0 Å². The maximum atomic E-state index is 13.7. The lowest BCUT2D eigenvalue weighted by molar-refractivity contribution is 0.306. The predicted octanol–water partition coefficient (Wildman–Crippen LogP) is 5.59. The molecule has 0 unspecified atom stereocenters. The van der Waals surface area contributed by atoms with Gasteiger partial charge >= 0.3 is 0 Å². The Balaban J connectivity index is 1.91. The van der Waals surface area contributed by atoms with Crippen LogP contribution in [0, 0.1) is 17.6 Å². The zero-order valence-electron chi connectivity index (χ0n) is 11.5. The van der Waals surface area contributed by atoms with Crippen molar-refractivity contribution in [2.45, 2.75) is 51.4 Å². The van der Waals surface area contributed by atoms with E-state index in [9.17, 15) is 8.78 Å². The molecule has 0 bridgehead atoms. The average molecular weight is 264 g/mol. The lowest BCUT2D eigenvalue weighted by atomic mass is 9.77. The first-order valence-electron chi connectivity index (χ1n) is 7.27. The van der Waals surface area contributed by atoms with E-state index >= 15 is 0 Å². The van der Waals surface area contributed by atoms with Crippen molar-refractivity contribution in [3.05, 3.63) is 47.5 Å². The van der Waals surface area contributed by atoms with Gasteiger partial charge in [0.05, 0.1) is 0 Å². The second-order valence-corrected chi connectivity index (χ2v) is 5.51. The van der Waals surface area contributed by atoms with Crippen LogP contribution in [-0.4, -0.2) is 0 Å². The van der Waals surface area contributed by atoms with Gasteiger partial charge in [0.15, 0.2) is 11.6 Å². The smallest absolute Gasteiger partial charge is 0.162 e. The Kier molecular flexibility index (Phi) is 5.12. The standard InChI is InChI=1S/C17H22F2/c1-2-3-4-6-13-9-11-14(12-10-13)15-7-5-8-16(18)17(15)19/h2-3,5,7-8,13-14H,4,6,9-12H2,1H3/b3-2+. The maximum Gasteiger partial charge on any atom is 0.162 e. The van der Waals surface area contributed by atoms with Crippen LogP contribution < -0.4 is 0 Å². The van der Waals surface area contributed by atoms with Crippen molar-refractivity contribution >= 4 is 0 Å². The monoisotopic (exact) mass is 264 g/mol. The summed E-state index contributed by atoms with van der Waals surface area (Å²) in [6.07, 6.45) is 10.9. The van der Waals surface area contributed by atoms with Gasteiger partial charge in [0.2, 0.25) is 0 Å². The van der Waals surface area contributed by atoms with E-state index in [0.29, 0.717) is 5.56 Å². The van der Waals surface area contributed by atoms with Crippen molar-refractivity contribution in [1.29, 1.82) is 0 Å². The Morgan fingerprint density at radius 3 is 2.58 bits per heavy atom. The molecule has 0 radical (unpaired) electrons. The molecule has 0 atom stereocenters. The zero-order chi connectivity index (χ0) is 13.7. The SMILES string of the molecule is C/C=C/CCC1CCC(c2cccc(F)c2F)CC1. The van der Waals surface area contributed by atoms with Crippen LogP contribution in [0.2, 0.25) is 0 Å². The number of allylic oxidation sites excluding steroid dienone is 2. The first kappa shape index (κ1) is 14.2. The third kappa shape index (κ3) is 3.65.